The van der Waals surface area contributed by atoms with Gasteiger partial charge in [-0.3, -0.25) is 14.4 Å². The van der Waals surface area contributed by atoms with Crippen molar-refractivity contribution in [1.82, 2.24) is 0 Å². The quantitative estimate of drug-likeness (QED) is 0.265. The predicted octanol–water partition coefficient (Wildman–Crippen LogP) is 4.86. The van der Waals surface area contributed by atoms with Gasteiger partial charge < -0.3 is 5.11 Å². The van der Waals surface area contributed by atoms with Gasteiger partial charge in [0, 0.05) is 18.8 Å². The first-order valence-corrected chi connectivity index (χ1v) is 9.41. The van der Waals surface area contributed by atoms with Crippen LogP contribution in [0.3, 0.4) is 0 Å². The Balaban J connectivity index is 1.91. The fourth-order valence-corrected chi connectivity index (χ4v) is 3.55. The van der Waals surface area contributed by atoms with Crippen LogP contribution >= 0.6 is 0 Å². The first-order chi connectivity index (χ1) is 13.3. The number of hydrogen-bond donors (Lipinski definition) is 1. The number of carboxylic acids is 1. The Morgan fingerprint density at radius 1 is 1.07 bits per heavy atom. The summed E-state index contributed by atoms with van der Waals surface area (Å²) in [5.41, 5.74) is -0.547. The lowest BCUT2D eigenvalue weighted by Crippen LogP contribution is -2.13. The van der Waals surface area contributed by atoms with E-state index in [0.29, 0.717) is 31.7 Å². The SMILES string of the molecule is O=C(O)CCCCCC[C@H]1C(=O)CC[C@@H]1C=CC(=O)c1ccc(F)c(F)c1F. The lowest BCUT2D eigenvalue weighted by Gasteiger charge is -2.14. The maximum absolute atomic E-state index is 13.7. The van der Waals surface area contributed by atoms with E-state index in [2.05, 4.69) is 0 Å². The van der Waals surface area contributed by atoms with Gasteiger partial charge in [0.1, 0.15) is 5.78 Å². The zero-order valence-corrected chi connectivity index (χ0v) is 15.4. The molecule has 0 spiro atoms. The van der Waals surface area contributed by atoms with Crippen LogP contribution in [0.4, 0.5) is 13.2 Å². The van der Waals surface area contributed by atoms with Gasteiger partial charge in [-0.1, -0.05) is 25.3 Å². The summed E-state index contributed by atoms with van der Waals surface area (Å²) < 4.78 is 40.0. The highest BCUT2D eigenvalue weighted by Crippen LogP contribution is 2.34. The van der Waals surface area contributed by atoms with Crippen molar-refractivity contribution >= 4 is 17.5 Å². The van der Waals surface area contributed by atoms with Gasteiger partial charge in [0.15, 0.2) is 23.2 Å². The Kier molecular flexibility index (Phi) is 7.96. The van der Waals surface area contributed by atoms with Crippen molar-refractivity contribution < 1.29 is 32.7 Å². The number of halogens is 3. The summed E-state index contributed by atoms with van der Waals surface area (Å²) in [5, 5.41) is 8.60. The zero-order chi connectivity index (χ0) is 20.7. The van der Waals surface area contributed by atoms with E-state index in [1.165, 1.54) is 0 Å². The number of allylic oxidation sites excluding steroid dienone is 2. The number of carboxylic acid groups (broad SMARTS) is 1. The summed E-state index contributed by atoms with van der Waals surface area (Å²) in [4.78, 5) is 34.7. The third kappa shape index (κ3) is 5.78. The van der Waals surface area contributed by atoms with E-state index in [0.717, 1.165) is 31.4 Å². The molecular weight excluding hydrogens is 373 g/mol. The van der Waals surface area contributed by atoms with E-state index in [-0.39, 0.29) is 24.0 Å². The lowest BCUT2D eigenvalue weighted by molar-refractivity contribution is -0.137. The fourth-order valence-electron chi connectivity index (χ4n) is 3.55. The third-order valence-corrected chi connectivity index (χ3v) is 5.11. The second-order valence-corrected chi connectivity index (χ2v) is 7.07. The summed E-state index contributed by atoms with van der Waals surface area (Å²) in [6.07, 6.45) is 7.46. The molecule has 1 fully saturated rings. The fraction of sp³-hybridized carbons (Fsp3) is 0.476. The maximum Gasteiger partial charge on any atom is 0.303 e. The minimum Gasteiger partial charge on any atom is -0.481 e. The van der Waals surface area contributed by atoms with Crippen molar-refractivity contribution in [1.29, 1.82) is 0 Å². The van der Waals surface area contributed by atoms with Crippen LogP contribution in [0.5, 0.6) is 0 Å². The Morgan fingerprint density at radius 3 is 2.50 bits per heavy atom. The highest BCUT2D eigenvalue weighted by Gasteiger charge is 2.32. The molecule has 152 valence electrons. The summed E-state index contributed by atoms with van der Waals surface area (Å²) >= 11 is 0. The second-order valence-electron chi connectivity index (χ2n) is 7.07. The van der Waals surface area contributed by atoms with Gasteiger partial charge in [0.2, 0.25) is 0 Å². The predicted molar refractivity (Wildman–Crippen MR) is 96.3 cm³/mol. The number of hydrogen-bond acceptors (Lipinski definition) is 3. The molecule has 1 aromatic rings. The summed E-state index contributed by atoms with van der Waals surface area (Å²) in [5.74, 6) is -6.41. The Labute approximate surface area is 161 Å². The van der Waals surface area contributed by atoms with E-state index in [4.69, 9.17) is 5.11 Å². The molecule has 0 heterocycles. The van der Waals surface area contributed by atoms with Crippen molar-refractivity contribution in [2.24, 2.45) is 11.8 Å². The van der Waals surface area contributed by atoms with Gasteiger partial charge in [-0.2, -0.15) is 0 Å². The van der Waals surface area contributed by atoms with E-state index in [1.54, 1.807) is 6.08 Å². The molecule has 1 aliphatic rings. The van der Waals surface area contributed by atoms with E-state index in [1.807, 2.05) is 0 Å². The Morgan fingerprint density at radius 2 is 1.79 bits per heavy atom. The smallest absolute Gasteiger partial charge is 0.303 e. The van der Waals surface area contributed by atoms with Gasteiger partial charge in [0.25, 0.3) is 0 Å². The van der Waals surface area contributed by atoms with Crippen LogP contribution in [-0.2, 0) is 9.59 Å². The first-order valence-electron chi connectivity index (χ1n) is 9.41. The van der Waals surface area contributed by atoms with Gasteiger partial charge >= 0.3 is 5.97 Å². The molecular formula is C21H23F3O4. The highest BCUT2D eigenvalue weighted by molar-refractivity contribution is 6.04. The van der Waals surface area contributed by atoms with Gasteiger partial charge in [-0.15, -0.1) is 0 Å². The number of unbranched alkanes of at least 4 members (excludes halogenated alkanes) is 3. The lowest BCUT2D eigenvalue weighted by atomic mass is 9.89. The molecule has 4 nitrogen and oxygen atoms in total. The average Bonchev–Trinajstić information content (AvgIpc) is 3.00. The molecule has 7 heteroatoms. The van der Waals surface area contributed by atoms with Crippen LogP contribution < -0.4 is 0 Å². The minimum absolute atomic E-state index is 0.117. The Hall–Kier alpha value is -2.44. The van der Waals surface area contributed by atoms with Crippen LogP contribution in [0.15, 0.2) is 24.3 Å². The standard InChI is InChI=1S/C21H23F3O4/c22-16-10-9-15(20(23)21(16)24)18(26)12-8-13-7-11-17(25)14(13)5-3-1-2-4-6-19(27)28/h8-10,12-14H,1-7,11H2,(H,27,28)/t13-,14-/m1/s1. The molecule has 0 radical (unpaired) electrons. The largest absolute Gasteiger partial charge is 0.481 e. The van der Waals surface area contributed by atoms with Gasteiger partial charge in [-0.25, -0.2) is 13.2 Å². The molecule has 0 aromatic heterocycles. The molecule has 28 heavy (non-hydrogen) atoms. The van der Waals surface area contributed by atoms with Crippen molar-refractivity contribution in [3.8, 4) is 0 Å². The minimum atomic E-state index is -1.68. The number of rotatable bonds is 10. The zero-order valence-electron chi connectivity index (χ0n) is 15.4. The summed E-state index contributed by atoms with van der Waals surface area (Å²) in [6, 6.07) is 1.60. The number of Topliss-reactive ketones (excluding diaryl/α,β-unsaturated/α-hetero) is 1. The van der Waals surface area contributed by atoms with E-state index >= 15 is 0 Å². The van der Waals surface area contributed by atoms with E-state index < -0.39 is 34.8 Å². The molecule has 1 saturated carbocycles. The number of carbonyl (C=O) groups excluding carboxylic acids is 2. The molecule has 0 saturated heterocycles. The normalized spacial score (nSPS) is 19.5. The third-order valence-electron chi connectivity index (χ3n) is 5.11. The van der Waals surface area contributed by atoms with Crippen molar-refractivity contribution in [3.63, 3.8) is 0 Å². The van der Waals surface area contributed by atoms with Crippen LogP contribution in [-0.4, -0.2) is 22.6 Å². The van der Waals surface area contributed by atoms with Crippen LogP contribution in [0.1, 0.15) is 61.7 Å². The number of ketones is 2. The van der Waals surface area contributed by atoms with Crippen LogP contribution in [0.2, 0.25) is 0 Å². The molecule has 0 bridgehead atoms. The number of benzene rings is 1. The second kappa shape index (κ2) is 10.2. The highest BCUT2D eigenvalue weighted by atomic mass is 19.2. The molecule has 0 aliphatic heterocycles. The average molecular weight is 396 g/mol. The summed E-state index contributed by atoms with van der Waals surface area (Å²) in [6.45, 7) is 0. The molecule has 0 unspecified atom stereocenters. The van der Waals surface area contributed by atoms with Crippen molar-refractivity contribution in [3.05, 3.63) is 47.3 Å². The monoisotopic (exact) mass is 396 g/mol. The van der Waals surface area contributed by atoms with Crippen LogP contribution in [0.25, 0.3) is 0 Å². The van der Waals surface area contributed by atoms with E-state index in [9.17, 15) is 27.6 Å². The van der Waals surface area contributed by atoms with Gasteiger partial charge in [-0.05, 0) is 43.4 Å². The molecule has 1 aromatic carbocycles. The van der Waals surface area contributed by atoms with Crippen LogP contribution in [0, 0.1) is 29.3 Å². The van der Waals surface area contributed by atoms with Gasteiger partial charge in [0.05, 0.1) is 5.56 Å². The molecule has 2 rings (SSSR count). The maximum atomic E-state index is 13.7. The summed E-state index contributed by atoms with van der Waals surface area (Å²) in [7, 11) is 0. The molecule has 2 atom stereocenters. The first kappa shape index (κ1) is 21.9. The van der Waals surface area contributed by atoms with Crippen molar-refractivity contribution in [2.75, 3.05) is 0 Å². The number of carbonyl (C=O) groups is 3. The Bertz CT molecular complexity index is 773. The topological polar surface area (TPSA) is 71.4 Å². The molecule has 1 N–H and O–H groups in total. The molecule has 0 amide bonds. The van der Waals surface area contributed by atoms with Crippen molar-refractivity contribution in [2.45, 2.75) is 51.4 Å². The number of aliphatic carboxylic acids is 1. The molecule has 1 aliphatic carbocycles.